The molecule has 154 valence electrons. The normalized spacial score (nSPS) is 19.0. The van der Waals surface area contributed by atoms with Crippen molar-refractivity contribution in [2.24, 2.45) is 11.8 Å². The van der Waals surface area contributed by atoms with Crippen molar-refractivity contribution in [3.63, 3.8) is 0 Å². The first-order chi connectivity index (χ1) is 13.5. The van der Waals surface area contributed by atoms with Crippen LogP contribution in [0.3, 0.4) is 0 Å². The zero-order valence-corrected chi connectivity index (χ0v) is 17.5. The van der Waals surface area contributed by atoms with E-state index in [4.69, 9.17) is 0 Å². The van der Waals surface area contributed by atoms with Crippen molar-refractivity contribution in [2.75, 3.05) is 31.5 Å². The van der Waals surface area contributed by atoms with Gasteiger partial charge in [-0.1, -0.05) is 32.4 Å². The van der Waals surface area contributed by atoms with Crippen molar-refractivity contribution >= 4 is 17.5 Å². The van der Waals surface area contributed by atoms with Crippen LogP contribution >= 0.6 is 0 Å². The Morgan fingerprint density at radius 2 is 1.79 bits per heavy atom. The van der Waals surface area contributed by atoms with Crippen LogP contribution < -0.4 is 5.32 Å². The third-order valence-corrected chi connectivity index (χ3v) is 5.85. The van der Waals surface area contributed by atoms with E-state index in [1.165, 1.54) is 37.9 Å². The van der Waals surface area contributed by atoms with Gasteiger partial charge in [-0.25, -0.2) is 0 Å². The fourth-order valence-electron chi connectivity index (χ4n) is 4.24. The summed E-state index contributed by atoms with van der Waals surface area (Å²) >= 11 is 0. The Hall–Kier alpha value is -1.88. The fourth-order valence-corrected chi connectivity index (χ4v) is 4.24. The van der Waals surface area contributed by atoms with E-state index in [1.54, 1.807) is 0 Å². The van der Waals surface area contributed by atoms with Crippen LogP contribution in [0.15, 0.2) is 24.3 Å². The zero-order chi connectivity index (χ0) is 19.9. The van der Waals surface area contributed by atoms with Crippen LogP contribution in [-0.2, 0) is 16.1 Å². The molecule has 0 atom stereocenters. The van der Waals surface area contributed by atoms with Crippen molar-refractivity contribution in [3.05, 3.63) is 29.8 Å². The highest BCUT2D eigenvalue weighted by molar-refractivity contribution is 5.92. The first-order valence-corrected chi connectivity index (χ1v) is 10.9. The summed E-state index contributed by atoms with van der Waals surface area (Å²) in [4.78, 5) is 29.3. The van der Waals surface area contributed by atoms with Gasteiger partial charge in [0.2, 0.25) is 11.8 Å². The molecule has 0 radical (unpaired) electrons. The smallest absolute Gasteiger partial charge is 0.227 e. The highest BCUT2D eigenvalue weighted by atomic mass is 16.2. The zero-order valence-electron chi connectivity index (χ0n) is 17.5. The van der Waals surface area contributed by atoms with Crippen molar-refractivity contribution < 1.29 is 9.59 Å². The quantitative estimate of drug-likeness (QED) is 0.808. The number of piperidine rings is 2. The van der Waals surface area contributed by atoms with Gasteiger partial charge in [0, 0.05) is 37.7 Å². The predicted octanol–water partition coefficient (Wildman–Crippen LogP) is 3.90. The van der Waals surface area contributed by atoms with Crippen LogP contribution in [0, 0.1) is 11.8 Å². The summed E-state index contributed by atoms with van der Waals surface area (Å²) in [5.74, 6) is 0.685. The van der Waals surface area contributed by atoms with E-state index in [0.29, 0.717) is 25.4 Å². The molecule has 0 spiro atoms. The lowest BCUT2D eigenvalue weighted by atomic mass is 9.95. The van der Waals surface area contributed by atoms with Gasteiger partial charge in [-0.05, 0) is 62.4 Å². The van der Waals surface area contributed by atoms with E-state index >= 15 is 0 Å². The van der Waals surface area contributed by atoms with Gasteiger partial charge in [0.1, 0.15) is 0 Å². The van der Waals surface area contributed by atoms with Gasteiger partial charge in [0.05, 0.1) is 0 Å². The number of benzene rings is 1. The highest BCUT2D eigenvalue weighted by Gasteiger charge is 2.27. The molecule has 0 bridgehead atoms. The number of amides is 2. The molecule has 0 unspecified atom stereocenters. The van der Waals surface area contributed by atoms with Crippen molar-refractivity contribution in [3.8, 4) is 0 Å². The standard InChI is InChI=1S/C23H35N3O2/c1-18(2)15-22(27)26-13-9-20(10-14-26)23(28)24-21-8-6-7-19(16-21)17-25-11-4-3-5-12-25/h6-8,16,18,20H,3-5,9-15,17H2,1-2H3,(H,24,28). The number of nitrogens with one attached hydrogen (secondary N) is 1. The summed E-state index contributed by atoms with van der Waals surface area (Å²) < 4.78 is 0. The minimum absolute atomic E-state index is 0.00569. The molecule has 0 aliphatic carbocycles. The van der Waals surface area contributed by atoms with E-state index in [-0.39, 0.29) is 17.7 Å². The molecule has 28 heavy (non-hydrogen) atoms. The second-order valence-corrected chi connectivity index (χ2v) is 8.78. The number of hydrogen-bond acceptors (Lipinski definition) is 3. The lowest BCUT2D eigenvalue weighted by molar-refractivity contribution is -0.135. The molecule has 2 heterocycles. The first-order valence-electron chi connectivity index (χ1n) is 10.9. The summed E-state index contributed by atoms with van der Waals surface area (Å²) in [7, 11) is 0. The number of anilines is 1. The van der Waals surface area contributed by atoms with E-state index < -0.39 is 0 Å². The summed E-state index contributed by atoms with van der Waals surface area (Å²) in [6.07, 6.45) is 6.02. The van der Waals surface area contributed by atoms with Crippen LogP contribution in [-0.4, -0.2) is 47.8 Å². The van der Waals surface area contributed by atoms with Gasteiger partial charge in [-0.2, -0.15) is 0 Å². The molecule has 3 rings (SSSR count). The molecule has 5 heteroatoms. The number of likely N-dealkylation sites (tertiary alicyclic amines) is 2. The first kappa shape index (κ1) is 20.8. The third kappa shape index (κ3) is 6.06. The topological polar surface area (TPSA) is 52.7 Å². The van der Waals surface area contributed by atoms with Gasteiger partial charge < -0.3 is 10.2 Å². The minimum Gasteiger partial charge on any atom is -0.343 e. The Kier molecular flexibility index (Phi) is 7.49. The molecule has 2 aliphatic heterocycles. The van der Waals surface area contributed by atoms with E-state index in [0.717, 1.165) is 25.1 Å². The maximum absolute atomic E-state index is 12.7. The molecule has 5 nitrogen and oxygen atoms in total. The van der Waals surface area contributed by atoms with Crippen LogP contribution in [0.4, 0.5) is 5.69 Å². The molecule has 2 amide bonds. The van der Waals surface area contributed by atoms with Gasteiger partial charge in [0.15, 0.2) is 0 Å². The summed E-state index contributed by atoms with van der Waals surface area (Å²) in [6.45, 7) is 8.82. The van der Waals surface area contributed by atoms with Crippen molar-refractivity contribution in [1.82, 2.24) is 9.80 Å². The molecule has 1 aromatic rings. The minimum atomic E-state index is -0.00569. The van der Waals surface area contributed by atoms with E-state index in [1.807, 2.05) is 17.0 Å². The Bertz CT molecular complexity index is 660. The average Bonchev–Trinajstić information content (AvgIpc) is 2.68. The molecule has 2 saturated heterocycles. The lowest BCUT2D eigenvalue weighted by Crippen LogP contribution is -2.41. The second kappa shape index (κ2) is 10.1. The van der Waals surface area contributed by atoms with Crippen molar-refractivity contribution in [2.45, 2.75) is 58.9 Å². The average molecular weight is 386 g/mol. The molecule has 0 saturated carbocycles. The van der Waals surface area contributed by atoms with Gasteiger partial charge >= 0.3 is 0 Å². The molecule has 1 N–H and O–H groups in total. The summed E-state index contributed by atoms with van der Waals surface area (Å²) in [6, 6.07) is 8.25. The second-order valence-electron chi connectivity index (χ2n) is 8.78. The summed E-state index contributed by atoms with van der Waals surface area (Å²) in [5.41, 5.74) is 2.15. The number of nitrogens with zero attached hydrogens (tertiary/aromatic N) is 2. The molecule has 2 fully saturated rings. The largest absolute Gasteiger partial charge is 0.343 e. The van der Waals surface area contributed by atoms with Crippen LogP contribution in [0.2, 0.25) is 0 Å². The van der Waals surface area contributed by atoms with Crippen LogP contribution in [0.25, 0.3) is 0 Å². The van der Waals surface area contributed by atoms with Gasteiger partial charge in [-0.15, -0.1) is 0 Å². The van der Waals surface area contributed by atoms with Crippen molar-refractivity contribution in [1.29, 1.82) is 0 Å². The molecular weight excluding hydrogens is 350 g/mol. The number of carbonyl (C=O) groups excluding carboxylic acids is 2. The Morgan fingerprint density at radius 1 is 1.07 bits per heavy atom. The van der Waals surface area contributed by atoms with Crippen LogP contribution in [0.1, 0.15) is 57.9 Å². The van der Waals surface area contributed by atoms with E-state index in [9.17, 15) is 9.59 Å². The molecular formula is C23H35N3O2. The Balaban J connectivity index is 1.48. The number of rotatable bonds is 6. The predicted molar refractivity (Wildman–Crippen MR) is 113 cm³/mol. The molecule has 1 aromatic carbocycles. The maximum Gasteiger partial charge on any atom is 0.227 e. The highest BCUT2D eigenvalue weighted by Crippen LogP contribution is 2.22. The molecule has 0 aromatic heterocycles. The third-order valence-electron chi connectivity index (χ3n) is 5.85. The maximum atomic E-state index is 12.7. The number of hydrogen-bond donors (Lipinski definition) is 1. The fraction of sp³-hybridized carbons (Fsp3) is 0.652. The Morgan fingerprint density at radius 3 is 2.46 bits per heavy atom. The monoisotopic (exact) mass is 385 g/mol. The van der Waals surface area contributed by atoms with Gasteiger partial charge in [0.25, 0.3) is 0 Å². The molecule has 2 aliphatic rings. The SMILES string of the molecule is CC(C)CC(=O)N1CCC(C(=O)Nc2cccc(CN3CCCCC3)c2)CC1. The van der Waals surface area contributed by atoms with E-state index in [2.05, 4.69) is 36.2 Å². The summed E-state index contributed by atoms with van der Waals surface area (Å²) in [5, 5.41) is 3.10. The van der Waals surface area contributed by atoms with Gasteiger partial charge in [-0.3, -0.25) is 14.5 Å². The lowest BCUT2D eigenvalue weighted by Gasteiger charge is -2.32. The number of carbonyl (C=O) groups is 2. The Labute approximate surface area is 169 Å². The van der Waals surface area contributed by atoms with Crippen LogP contribution in [0.5, 0.6) is 0 Å².